The van der Waals surface area contributed by atoms with Crippen molar-refractivity contribution in [1.82, 2.24) is 9.88 Å². The molecule has 1 amide bonds. The molecule has 19 heavy (non-hydrogen) atoms. The normalized spacial score (nSPS) is 17.0. The number of carbonyl (C=O) groups is 1. The lowest BCUT2D eigenvalue weighted by Gasteiger charge is -2.18. The molecule has 1 saturated heterocycles. The third kappa shape index (κ3) is 2.61. The predicted molar refractivity (Wildman–Crippen MR) is 75.1 cm³/mol. The maximum atomic E-state index is 12.2. The van der Waals surface area contributed by atoms with E-state index in [0.29, 0.717) is 5.22 Å². The average Bonchev–Trinajstić information content (AvgIpc) is 3.06. The summed E-state index contributed by atoms with van der Waals surface area (Å²) in [6.07, 6.45) is 2.23. The van der Waals surface area contributed by atoms with Crippen LogP contribution in [0.1, 0.15) is 19.8 Å². The summed E-state index contributed by atoms with van der Waals surface area (Å²) in [7, 11) is 0. The van der Waals surface area contributed by atoms with Crippen LogP contribution in [0.25, 0.3) is 11.1 Å². The molecule has 1 fully saturated rings. The van der Waals surface area contributed by atoms with Gasteiger partial charge in [-0.15, -0.1) is 0 Å². The molecule has 0 radical (unpaired) electrons. The summed E-state index contributed by atoms with van der Waals surface area (Å²) in [6.45, 7) is 3.69. The van der Waals surface area contributed by atoms with E-state index in [9.17, 15) is 4.79 Å². The van der Waals surface area contributed by atoms with Gasteiger partial charge in [-0.05, 0) is 31.9 Å². The summed E-state index contributed by atoms with van der Waals surface area (Å²) >= 11 is 1.40. The van der Waals surface area contributed by atoms with Crippen molar-refractivity contribution in [2.45, 2.75) is 30.2 Å². The molecule has 4 nitrogen and oxygen atoms in total. The van der Waals surface area contributed by atoms with Gasteiger partial charge in [-0.1, -0.05) is 23.9 Å². The molecule has 100 valence electrons. The molecule has 5 heteroatoms. The molecule has 0 saturated carbocycles. The largest absolute Gasteiger partial charge is 0.431 e. The molecule has 0 N–H and O–H groups in total. The van der Waals surface area contributed by atoms with Gasteiger partial charge in [0.1, 0.15) is 5.52 Å². The fraction of sp³-hybridized carbons (Fsp3) is 0.429. The van der Waals surface area contributed by atoms with E-state index < -0.39 is 0 Å². The van der Waals surface area contributed by atoms with Gasteiger partial charge in [0, 0.05) is 13.1 Å². The second kappa shape index (κ2) is 5.25. The van der Waals surface area contributed by atoms with Crippen molar-refractivity contribution < 1.29 is 9.21 Å². The SMILES string of the molecule is C[C@H](Sc1nc2ccccc2o1)C(=O)N1CCCC1. The molecule has 0 aliphatic carbocycles. The van der Waals surface area contributed by atoms with Gasteiger partial charge in [0.25, 0.3) is 5.22 Å². The molecule has 1 aliphatic rings. The fourth-order valence-electron chi connectivity index (χ4n) is 2.30. The predicted octanol–water partition coefficient (Wildman–Crippen LogP) is 2.93. The van der Waals surface area contributed by atoms with Crippen molar-refractivity contribution in [2.75, 3.05) is 13.1 Å². The maximum absolute atomic E-state index is 12.2. The van der Waals surface area contributed by atoms with Crippen LogP contribution in [0.15, 0.2) is 33.9 Å². The highest BCUT2D eigenvalue weighted by atomic mass is 32.2. The van der Waals surface area contributed by atoms with E-state index in [2.05, 4.69) is 4.98 Å². The molecule has 0 spiro atoms. The Kier molecular flexibility index (Phi) is 3.46. The number of nitrogens with zero attached hydrogens (tertiary/aromatic N) is 2. The van der Waals surface area contributed by atoms with Crippen molar-refractivity contribution in [3.05, 3.63) is 24.3 Å². The molecule has 1 atom stereocenters. The number of hydrogen-bond acceptors (Lipinski definition) is 4. The van der Waals surface area contributed by atoms with Crippen LogP contribution in [0.2, 0.25) is 0 Å². The number of aromatic nitrogens is 1. The summed E-state index contributed by atoms with van der Waals surface area (Å²) in [5.74, 6) is 0.185. The Balaban J connectivity index is 1.71. The minimum absolute atomic E-state index is 0.147. The second-order valence-electron chi connectivity index (χ2n) is 4.74. The topological polar surface area (TPSA) is 46.3 Å². The first-order chi connectivity index (χ1) is 9.24. The highest BCUT2D eigenvalue weighted by Crippen LogP contribution is 2.28. The quantitative estimate of drug-likeness (QED) is 0.809. The van der Waals surface area contributed by atoms with E-state index >= 15 is 0 Å². The monoisotopic (exact) mass is 276 g/mol. The van der Waals surface area contributed by atoms with Gasteiger partial charge >= 0.3 is 0 Å². The molecule has 2 aromatic rings. The molecular weight excluding hydrogens is 260 g/mol. The lowest BCUT2D eigenvalue weighted by atomic mass is 10.3. The number of para-hydroxylation sites is 2. The van der Waals surface area contributed by atoms with Crippen LogP contribution in [0.3, 0.4) is 0 Å². The zero-order valence-corrected chi connectivity index (χ0v) is 11.7. The van der Waals surface area contributed by atoms with E-state index in [-0.39, 0.29) is 11.2 Å². The van der Waals surface area contributed by atoms with Crippen LogP contribution in [-0.2, 0) is 4.79 Å². The number of fused-ring (bicyclic) bond motifs is 1. The highest BCUT2D eigenvalue weighted by molar-refractivity contribution is 8.00. The van der Waals surface area contributed by atoms with Crippen LogP contribution in [0.5, 0.6) is 0 Å². The van der Waals surface area contributed by atoms with Gasteiger partial charge in [0.2, 0.25) is 5.91 Å². The van der Waals surface area contributed by atoms with Crippen LogP contribution < -0.4 is 0 Å². The number of hydrogen-bond donors (Lipinski definition) is 0. The molecule has 2 heterocycles. The van der Waals surface area contributed by atoms with Crippen LogP contribution in [-0.4, -0.2) is 34.1 Å². The van der Waals surface area contributed by atoms with E-state index in [1.807, 2.05) is 36.1 Å². The summed E-state index contributed by atoms with van der Waals surface area (Å²) in [4.78, 5) is 18.5. The Bertz CT molecular complexity index is 557. The summed E-state index contributed by atoms with van der Waals surface area (Å²) in [6, 6.07) is 7.65. The van der Waals surface area contributed by atoms with E-state index in [0.717, 1.165) is 37.0 Å². The van der Waals surface area contributed by atoms with E-state index in [1.165, 1.54) is 11.8 Å². The second-order valence-corrected chi connectivity index (χ2v) is 6.03. The molecule has 1 aromatic carbocycles. The number of oxazole rings is 1. The molecule has 3 rings (SSSR count). The van der Waals surface area contributed by atoms with Gasteiger partial charge in [-0.25, -0.2) is 4.98 Å². The first kappa shape index (κ1) is 12.5. The fourth-order valence-corrected chi connectivity index (χ4v) is 3.14. The molecular formula is C14H16N2O2S. The molecule has 1 aliphatic heterocycles. The standard InChI is InChI=1S/C14H16N2O2S/c1-10(13(17)16-8-4-5-9-16)19-14-15-11-6-2-3-7-12(11)18-14/h2-3,6-7,10H,4-5,8-9H2,1H3/t10-/m0/s1. The third-order valence-electron chi connectivity index (χ3n) is 3.32. The van der Waals surface area contributed by atoms with Crippen molar-refractivity contribution >= 4 is 28.8 Å². The summed E-state index contributed by atoms with van der Waals surface area (Å²) < 4.78 is 5.63. The molecule has 1 aromatic heterocycles. The smallest absolute Gasteiger partial charge is 0.257 e. The lowest BCUT2D eigenvalue weighted by Crippen LogP contribution is -2.34. The number of carbonyl (C=O) groups excluding carboxylic acids is 1. The number of rotatable bonds is 3. The van der Waals surface area contributed by atoms with Crippen molar-refractivity contribution in [2.24, 2.45) is 0 Å². The van der Waals surface area contributed by atoms with Crippen molar-refractivity contribution in [3.8, 4) is 0 Å². The number of amides is 1. The Morgan fingerprint density at radius 3 is 2.84 bits per heavy atom. The van der Waals surface area contributed by atoms with Gasteiger partial charge in [0.15, 0.2) is 5.58 Å². The minimum Gasteiger partial charge on any atom is -0.431 e. The van der Waals surface area contributed by atoms with Crippen molar-refractivity contribution in [1.29, 1.82) is 0 Å². The van der Waals surface area contributed by atoms with Gasteiger partial charge < -0.3 is 9.32 Å². The van der Waals surface area contributed by atoms with Gasteiger partial charge in [-0.3, -0.25) is 4.79 Å². The van der Waals surface area contributed by atoms with Crippen LogP contribution in [0, 0.1) is 0 Å². The Morgan fingerprint density at radius 2 is 2.11 bits per heavy atom. The molecule has 0 unspecified atom stereocenters. The Morgan fingerprint density at radius 1 is 1.37 bits per heavy atom. The zero-order chi connectivity index (χ0) is 13.2. The zero-order valence-electron chi connectivity index (χ0n) is 10.8. The number of benzene rings is 1. The lowest BCUT2D eigenvalue weighted by molar-refractivity contribution is -0.129. The highest BCUT2D eigenvalue weighted by Gasteiger charge is 2.25. The molecule has 0 bridgehead atoms. The number of likely N-dealkylation sites (tertiary alicyclic amines) is 1. The first-order valence-electron chi connectivity index (χ1n) is 6.55. The average molecular weight is 276 g/mol. The third-order valence-corrected chi connectivity index (χ3v) is 4.25. The van der Waals surface area contributed by atoms with E-state index in [1.54, 1.807) is 0 Å². The summed E-state index contributed by atoms with van der Waals surface area (Å²) in [5.41, 5.74) is 1.61. The van der Waals surface area contributed by atoms with Gasteiger partial charge in [-0.2, -0.15) is 0 Å². The van der Waals surface area contributed by atoms with E-state index in [4.69, 9.17) is 4.42 Å². The van der Waals surface area contributed by atoms with Gasteiger partial charge in [0.05, 0.1) is 5.25 Å². The van der Waals surface area contributed by atoms with Crippen LogP contribution in [0.4, 0.5) is 0 Å². The first-order valence-corrected chi connectivity index (χ1v) is 7.43. The minimum atomic E-state index is -0.147. The Labute approximate surface area is 116 Å². The Hall–Kier alpha value is -1.49. The van der Waals surface area contributed by atoms with Crippen molar-refractivity contribution in [3.63, 3.8) is 0 Å². The van der Waals surface area contributed by atoms with Crippen LogP contribution >= 0.6 is 11.8 Å². The summed E-state index contributed by atoms with van der Waals surface area (Å²) in [5, 5.41) is 0.424. The maximum Gasteiger partial charge on any atom is 0.257 e. The number of thioether (sulfide) groups is 1.